The molecule has 0 bridgehead atoms. The van der Waals surface area contributed by atoms with Crippen molar-refractivity contribution in [3.8, 4) is 11.5 Å². The SMILES string of the molecule is CC[C@H](c1nnnn1C[C@@H]1CCCO1)N(CCc1ccc(OC)c(OC)c1)Cc1cc2ccc(C)cc2[nH]c1=O. The maximum Gasteiger partial charge on any atom is 0.252 e. The number of fused-ring (bicyclic) bond motifs is 1. The van der Waals surface area contributed by atoms with Crippen LogP contribution in [0.25, 0.3) is 10.9 Å². The number of methoxy groups -OCH3 is 2. The molecule has 10 nitrogen and oxygen atoms in total. The Morgan fingerprint density at radius 2 is 2.00 bits per heavy atom. The third-order valence-corrected chi connectivity index (χ3v) is 7.67. The molecule has 10 heteroatoms. The fraction of sp³-hybridized carbons (Fsp3) is 0.467. The van der Waals surface area contributed by atoms with E-state index in [-0.39, 0.29) is 17.7 Å². The first kappa shape index (κ1) is 27.8. The van der Waals surface area contributed by atoms with Crippen LogP contribution < -0.4 is 15.0 Å². The summed E-state index contributed by atoms with van der Waals surface area (Å²) in [4.78, 5) is 18.6. The van der Waals surface area contributed by atoms with Crippen molar-refractivity contribution in [2.75, 3.05) is 27.4 Å². The summed E-state index contributed by atoms with van der Waals surface area (Å²) >= 11 is 0. The normalized spacial score (nSPS) is 16.1. The maximum atomic E-state index is 13.2. The number of pyridine rings is 1. The first-order valence-electron chi connectivity index (χ1n) is 13.9. The number of hydrogen-bond acceptors (Lipinski definition) is 8. The van der Waals surface area contributed by atoms with Gasteiger partial charge >= 0.3 is 0 Å². The molecule has 2 aromatic heterocycles. The molecule has 3 heterocycles. The highest BCUT2D eigenvalue weighted by atomic mass is 16.5. The van der Waals surface area contributed by atoms with Crippen LogP contribution in [0.1, 0.15) is 54.7 Å². The molecule has 1 N–H and O–H groups in total. The van der Waals surface area contributed by atoms with E-state index in [4.69, 9.17) is 14.2 Å². The molecule has 0 radical (unpaired) electrons. The second-order valence-electron chi connectivity index (χ2n) is 10.4. The van der Waals surface area contributed by atoms with Crippen molar-refractivity contribution in [1.82, 2.24) is 30.1 Å². The second kappa shape index (κ2) is 12.6. The first-order valence-corrected chi connectivity index (χ1v) is 13.9. The lowest BCUT2D eigenvalue weighted by Gasteiger charge is -2.30. The first-order chi connectivity index (χ1) is 19.5. The summed E-state index contributed by atoms with van der Waals surface area (Å²) in [5.41, 5.74) is 3.69. The van der Waals surface area contributed by atoms with Crippen LogP contribution in [-0.2, 0) is 24.2 Å². The Labute approximate surface area is 234 Å². The van der Waals surface area contributed by atoms with Crippen LogP contribution in [0.5, 0.6) is 11.5 Å². The van der Waals surface area contributed by atoms with E-state index in [1.165, 1.54) is 0 Å². The van der Waals surface area contributed by atoms with Gasteiger partial charge in [0.15, 0.2) is 17.3 Å². The predicted octanol–water partition coefficient (Wildman–Crippen LogP) is 4.22. The van der Waals surface area contributed by atoms with Crippen LogP contribution >= 0.6 is 0 Å². The number of hydrogen-bond donors (Lipinski definition) is 1. The molecule has 2 aromatic carbocycles. The number of benzene rings is 2. The highest BCUT2D eigenvalue weighted by molar-refractivity contribution is 5.79. The maximum absolute atomic E-state index is 13.2. The van der Waals surface area contributed by atoms with Gasteiger partial charge in [-0.25, -0.2) is 4.68 Å². The molecule has 0 aliphatic carbocycles. The fourth-order valence-electron chi connectivity index (χ4n) is 5.52. The van der Waals surface area contributed by atoms with Gasteiger partial charge in [0.05, 0.1) is 32.9 Å². The standard InChI is InChI=1S/C30H38N6O4/c1-5-26(29-32-33-34-36(29)19-24-7-6-14-40-24)35(13-12-21-9-11-27(38-3)28(16-21)39-4)18-23-17-22-10-8-20(2)15-25(22)31-30(23)37/h8-11,15-17,24,26H,5-7,12-14,18-19H2,1-4H3,(H,31,37)/t24-,26+/m0/s1. The van der Waals surface area contributed by atoms with E-state index in [2.05, 4.69) is 44.5 Å². The fourth-order valence-corrected chi connectivity index (χ4v) is 5.52. The molecule has 0 amide bonds. The number of aromatic nitrogens is 5. The third-order valence-electron chi connectivity index (χ3n) is 7.67. The number of aromatic amines is 1. The number of aryl methyl sites for hydroxylation is 1. The van der Waals surface area contributed by atoms with E-state index < -0.39 is 0 Å². The Hall–Kier alpha value is -3.76. The van der Waals surface area contributed by atoms with Gasteiger partial charge < -0.3 is 19.2 Å². The Kier molecular flexibility index (Phi) is 8.76. The number of H-pyrrole nitrogens is 1. The highest BCUT2D eigenvalue weighted by Crippen LogP contribution is 2.29. The van der Waals surface area contributed by atoms with Crippen LogP contribution in [0, 0.1) is 6.92 Å². The summed E-state index contributed by atoms with van der Waals surface area (Å²) < 4.78 is 18.7. The minimum Gasteiger partial charge on any atom is -0.493 e. The summed E-state index contributed by atoms with van der Waals surface area (Å²) in [7, 11) is 3.27. The van der Waals surface area contributed by atoms with E-state index in [0.29, 0.717) is 36.7 Å². The van der Waals surface area contributed by atoms with Crippen LogP contribution in [0.3, 0.4) is 0 Å². The molecule has 5 rings (SSSR count). The largest absolute Gasteiger partial charge is 0.493 e. The monoisotopic (exact) mass is 546 g/mol. The van der Waals surface area contributed by atoms with Crippen molar-refractivity contribution in [2.45, 2.75) is 64.8 Å². The quantitative estimate of drug-likeness (QED) is 0.282. The highest BCUT2D eigenvalue weighted by Gasteiger charge is 2.27. The van der Waals surface area contributed by atoms with Gasteiger partial charge in [-0.1, -0.05) is 25.1 Å². The molecule has 1 aliphatic rings. The molecular formula is C30H38N6O4. The van der Waals surface area contributed by atoms with E-state index in [1.54, 1.807) is 14.2 Å². The third kappa shape index (κ3) is 6.18. The van der Waals surface area contributed by atoms with Crippen molar-refractivity contribution < 1.29 is 14.2 Å². The summed E-state index contributed by atoms with van der Waals surface area (Å²) in [6, 6.07) is 14.0. The van der Waals surface area contributed by atoms with Crippen LogP contribution in [0.2, 0.25) is 0 Å². The molecule has 0 unspecified atom stereocenters. The number of nitrogens with one attached hydrogen (secondary N) is 1. The zero-order valence-electron chi connectivity index (χ0n) is 23.7. The van der Waals surface area contributed by atoms with E-state index in [1.807, 2.05) is 41.9 Å². The number of ether oxygens (including phenoxy) is 3. The average molecular weight is 547 g/mol. The zero-order valence-corrected chi connectivity index (χ0v) is 23.7. The number of tetrazole rings is 1. The minimum atomic E-state index is -0.0929. The molecule has 0 saturated carbocycles. The minimum absolute atomic E-state index is 0.0805. The molecular weight excluding hydrogens is 508 g/mol. The zero-order chi connectivity index (χ0) is 28.1. The lowest BCUT2D eigenvalue weighted by atomic mass is 10.1. The van der Waals surface area contributed by atoms with Gasteiger partial charge in [0, 0.05) is 30.8 Å². The van der Waals surface area contributed by atoms with Gasteiger partial charge in [-0.15, -0.1) is 5.10 Å². The van der Waals surface area contributed by atoms with Crippen molar-refractivity contribution in [3.63, 3.8) is 0 Å². The van der Waals surface area contributed by atoms with Crippen molar-refractivity contribution in [1.29, 1.82) is 0 Å². The van der Waals surface area contributed by atoms with Crippen LogP contribution in [0.4, 0.5) is 0 Å². The van der Waals surface area contributed by atoms with Gasteiger partial charge in [-0.2, -0.15) is 0 Å². The molecule has 1 fully saturated rings. The van der Waals surface area contributed by atoms with Crippen LogP contribution in [-0.4, -0.2) is 63.6 Å². The van der Waals surface area contributed by atoms with Gasteiger partial charge in [-0.3, -0.25) is 9.69 Å². The molecule has 4 aromatic rings. The Bertz CT molecular complexity index is 1490. The van der Waals surface area contributed by atoms with Crippen molar-refractivity contribution in [3.05, 3.63) is 75.3 Å². The predicted molar refractivity (Wildman–Crippen MR) is 153 cm³/mol. The van der Waals surface area contributed by atoms with Gasteiger partial charge in [0.1, 0.15) is 0 Å². The molecule has 1 saturated heterocycles. The molecule has 2 atom stereocenters. The summed E-state index contributed by atoms with van der Waals surface area (Å²) in [6.45, 7) is 6.70. The summed E-state index contributed by atoms with van der Waals surface area (Å²) in [5, 5.41) is 13.8. The second-order valence-corrected chi connectivity index (χ2v) is 10.4. The van der Waals surface area contributed by atoms with E-state index in [0.717, 1.165) is 60.1 Å². The van der Waals surface area contributed by atoms with Gasteiger partial charge in [0.25, 0.3) is 5.56 Å². The summed E-state index contributed by atoms with van der Waals surface area (Å²) in [5.74, 6) is 2.18. The lowest BCUT2D eigenvalue weighted by Crippen LogP contribution is -2.34. The smallest absolute Gasteiger partial charge is 0.252 e. The summed E-state index contributed by atoms with van der Waals surface area (Å²) in [6.07, 6.45) is 3.70. The topological polar surface area (TPSA) is 107 Å². The van der Waals surface area contributed by atoms with Gasteiger partial charge in [-0.05, 0) is 83.8 Å². The molecule has 0 spiro atoms. The van der Waals surface area contributed by atoms with Crippen LogP contribution in [0.15, 0.2) is 47.3 Å². The molecule has 1 aliphatic heterocycles. The van der Waals surface area contributed by atoms with Gasteiger partial charge in [0.2, 0.25) is 0 Å². The number of rotatable bonds is 12. The Balaban J connectivity index is 1.46. The number of nitrogens with zero attached hydrogens (tertiary/aromatic N) is 5. The Morgan fingerprint density at radius 1 is 1.15 bits per heavy atom. The van der Waals surface area contributed by atoms with E-state index >= 15 is 0 Å². The average Bonchev–Trinajstić information content (AvgIpc) is 3.65. The lowest BCUT2D eigenvalue weighted by molar-refractivity contribution is 0.0893. The molecule has 212 valence electrons. The van der Waals surface area contributed by atoms with Crippen molar-refractivity contribution in [2.24, 2.45) is 0 Å². The Morgan fingerprint density at radius 3 is 2.75 bits per heavy atom. The molecule has 40 heavy (non-hydrogen) atoms. The van der Waals surface area contributed by atoms with E-state index in [9.17, 15) is 4.79 Å². The van der Waals surface area contributed by atoms with Crippen molar-refractivity contribution >= 4 is 10.9 Å².